The van der Waals surface area contributed by atoms with E-state index in [0.29, 0.717) is 25.9 Å². The summed E-state index contributed by atoms with van der Waals surface area (Å²) in [5.41, 5.74) is 4.23. The van der Waals surface area contributed by atoms with Gasteiger partial charge in [-0.2, -0.15) is 9.40 Å². The van der Waals surface area contributed by atoms with E-state index in [1.54, 1.807) is 0 Å². The molecule has 212 valence electrons. The van der Waals surface area contributed by atoms with Gasteiger partial charge in [-0.05, 0) is 51.0 Å². The number of benzene rings is 2. The monoisotopic (exact) mass is 566 g/mol. The minimum atomic E-state index is -3.77. The second-order valence-corrected chi connectivity index (χ2v) is 12.4. The number of carbonyl (C=O) groups is 1. The maximum Gasteiger partial charge on any atom is 0.269 e. The molecular weight excluding hydrogens is 532 g/mol. The van der Waals surface area contributed by atoms with E-state index in [0.717, 1.165) is 36.7 Å². The van der Waals surface area contributed by atoms with Crippen LogP contribution in [0.2, 0.25) is 0 Å². The first-order valence-electron chi connectivity index (χ1n) is 13.5. The van der Waals surface area contributed by atoms with Crippen LogP contribution in [0.25, 0.3) is 5.69 Å². The van der Waals surface area contributed by atoms with E-state index in [1.807, 2.05) is 46.8 Å². The number of non-ortho nitro benzene ring substituents is 1. The Morgan fingerprint density at radius 1 is 0.950 bits per heavy atom. The fraction of sp³-hybridized carbons (Fsp3) is 0.429. The number of nitrogens with zero attached hydrogens (tertiary/aromatic N) is 6. The van der Waals surface area contributed by atoms with Crippen LogP contribution in [0.5, 0.6) is 0 Å². The molecule has 0 radical (unpaired) electrons. The lowest BCUT2D eigenvalue weighted by molar-refractivity contribution is -0.384. The molecule has 2 fully saturated rings. The molecule has 0 spiro atoms. The number of carbonyl (C=O) groups excluding carboxylic acids is 1. The normalized spacial score (nSPS) is 17.7. The van der Waals surface area contributed by atoms with E-state index >= 15 is 0 Å². The molecule has 12 heteroatoms. The Labute approximate surface area is 234 Å². The molecule has 11 nitrogen and oxygen atoms in total. The third kappa shape index (κ3) is 5.65. The third-order valence-corrected chi connectivity index (χ3v) is 9.91. The summed E-state index contributed by atoms with van der Waals surface area (Å²) in [7, 11) is -3.77. The molecule has 0 unspecified atom stereocenters. The predicted octanol–water partition coefficient (Wildman–Crippen LogP) is 3.14. The SMILES string of the molecule is Cc1nn(-c2ccccc2)c(C)c1CN1CCN(C(=O)C2CCN(S(=O)(=O)c3ccc([N+](=O)[O-])cc3)CC2)CC1. The summed E-state index contributed by atoms with van der Waals surface area (Å²) in [4.78, 5) is 27.9. The molecule has 3 heterocycles. The topological polar surface area (TPSA) is 122 Å². The number of hydrogen-bond donors (Lipinski definition) is 0. The van der Waals surface area contributed by atoms with Crippen molar-refractivity contribution in [3.8, 4) is 5.69 Å². The molecule has 1 amide bonds. The van der Waals surface area contributed by atoms with Gasteiger partial charge >= 0.3 is 0 Å². The van der Waals surface area contributed by atoms with E-state index in [2.05, 4.69) is 11.8 Å². The summed E-state index contributed by atoms with van der Waals surface area (Å²) in [5.74, 6) is -0.111. The van der Waals surface area contributed by atoms with Gasteiger partial charge in [0.1, 0.15) is 0 Å². The van der Waals surface area contributed by atoms with Crippen LogP contribution in [-0.4, -0.2) is 82.4 Å². The van der Waals surface area contributed by atoms with Crippen molar-refractivity contribution in [3.05, 3.63) is 81.7 Å². The first-order chi connectivity index (χ1) is 19.1. The van der Waals surface area contributed by atoms with Crippen molar-refractivity contribution in [1.82, 2.24) is 23.9 Å². The number of piperazine rings is 1. The summed E-state index contributed by atoms with van der Waals surface area (Å²) in [6, 6.07) is 15.0. The lowest BCUT2D eigenvalue weighted by Gasteiger charge is -2.38. The first-order valence-corrected chi connectivity index (χ1v) is 15.0. The number of para-hydroxylation sites is 1. The Morgan fingerprint density at radius 2 is 1.57 bits per heavy atom. The van der Waals surface area contributed by atoms with E-state index in [1.165, 1.54) is 34.1 Å². The third-order valence-electron chi connectivity index (χ3n) is 8.00. The molecule has 0 aliphatic carbocycles. The predicted molar refractivity (Wildman–Crippen MR) is 149 cm³/mol. The summed E-state index contributed by atoms with van der Waals surface area (Å²) in [6.07, 6.45) is 0.921. The highest BCUT2D eigenvalue weighted by molar-refractivity contribution is 7.89. The number of nitro benzene ring substituents is 1. The first kappa shape index (κ1) is 27.9. The van der Waals surface area contributed by atoms with Crippen LogP contribution in [-0.2, 0) is 21.4 Å². The van der Waals surface area contributed by atoms with Gasteiger partial charge in [-0.3, -0.25) is 19.8 Å². The van der Waals surface area contributed by atoms with Gasteiger partial charge in [0.2, 0.25) is 15.9 Å². The Balaban J connectivity index is 1.13. The van der Waals surface area contributed by atoms with Crippen molar-refractivity contribution in [3.63, 3.8) is 0 Å². The van der Waals surface area contributed by atoms with Crippen LogP contribution in [0.1, 0.15) is 29.8 Å². The summed E-state index contributed by atoms with van der Waals surface area (Å²) in [5, 5.41) is 15.6. The molecule has 2 aromatic carbocycles. The summed E-state index contributed by atoms with van der Waals surface area (Å²) in [6.45, 7) is 8.25. The Bertz CT molecular complexity index is 1470. The number of piperidine rings is 1. The smallest absolute Gasteiger partial charge is 0.269 e. The number of aryl methyl sites for hydroxylation is 1. The van der Waals surface area contributed by atoms with Gasteiger partial charge in [0.15, 0.2) is 0 Å². The Kier molecular flexibility index (Phi) is 8.02. The highest BCUT2D eigenvalue weighted by Crippen LogP contribution is 2.27. The fourth-order valence-electron chi connectivity index (χ4n) is 5.56. The number of hydrogen-bond acceptors (Lipinski definition) is 7. The minimum absolute atomic E-state index is 0.0267. The second-order valence-electron chi connectivity index (χ2n) is 10.4. The van der Waals surface area contributed by atoms with Crippen molar-refractivity contribution in [2.24, 2.45) is 5.92 Å². The van der Waals surface area contributed by atoms with E-state index in [9.17, 15) is 23.3 Å². The van der Waals surface area contributed by atoms with Gasteiger partial charge in [0, 0.05) is 75.1 Å². The summed E-state index contributed by atoms with van der Waals surface area (Å²) >= 11 is 0. The van der Waals surface area contributed by atoms with Crippen LogP contribution >= 0.6 is 0 Å². The standard InChI is InChI=1S/C28H34N6O5S/c1-21-27(22(2)33(29-21)24-6-4-3-5-7-24)20-30-16-18-31(19-17-30)28(35)23-12-14-32(15-13-23)40(38,39)26-10-8-25(9-11-26)34(36)37/h3-11,23H,12-20H2,1-2H3. The van der Waals surface area contributed by atoms with Crippen molar-refractivity contribution in [1.29, 1.82) is 0 Å². The fourth-order valence-corrected chi connectivity index (χ4v) is 7.03. The van der Waals surface area contributed by atoms with E-state index in [4.69, 9.17) is 5.10 Å². The molecule has 5 rings (SSSR count). The van der Waals surface area contributed by atoms with Gasteiger partial charge < -0.3 is 4.90 Å². The molecule has 2 aliphatic rings. The van der Waals surface area contributed by atoms with Crippen molar-refractivity contribution in [2.45, 2.75) is 38.1 Å². The Hall–Kier alpha value is -3.61. The number of rotatable bonds is 7. The molecule has 2 saturated heterocycles. The molecule has 0 N–H and O–H groups in total. The van der Waals surface area contributed by atoms with Crippen LogP contribution in [0.3, 0.4) is 0 Å². The maximum atomic E-state index is 13.3. The number of sulfonamides is 1. The van der Waals surface area contributed by atoms with Gasteiger partial charge in [-0.25, -0.2) is 13.1 Å². The Morgan fingerprint density at radius 3 is 2.17 bits per heavy atom. The second kappa shape index (κ2) is 11.5. The van der Waals surface area contributed by atoms with Crippen LogP contribution in [0.4, 0.5) is 5.69 Å². The van der Waals surface area contributed by atoms with E-state index in [-0.39, 0.29) is 35.5 Å². The quantitative estimate of drug-likeness (QED) is 0.318. The zero-order valence-electron chi connectivity index (χ0n) is 22.8. The van der Waals surface area contributed by atoms with Gasteiger partial charge in [-0.15, -0.1) is 0 Å². The molecule has 3 aromatic rings. The van der Waals surface area contributed by atoms with Crippen molar-refractivity contribution in [2.75, 3.05) is 39.3 Å². The minimum Gasteiger partial charge on any atom is -0.340 e. The summed E-state index contributed by atoms with van der Waals surface area (Å²) < 4.78 is 29.4. The van der Waals surface area contributed by atoms with Crippen LogP contribution in [0.15, 0.2) is 59.5 Å². The van der Waals surface area contributed by atoms with Gasteiger partial charge in [0.25, 0.3) is 5.69 Å². The zero-order valence-corrected chi connectivity index (χ0v) is 23.6. The lowest BCUT2D eigenvalue weighted by Crippen LogP contribution is -2.51. The van der Waals surface area contributed by atoms with Crippen molar-refractivity contribution < 1.29 is 18.1 Å². The molecule has 1 aromatic heterocycles. The number of amides is 1. The molecule has 40 heavy (non-hydrogen) atoms. The average Bonchev–Trinajstić information content (AvgIpc) is 3.26. The lowest BCUT2D eigenvalue weighted by atomic mass is 9.96. The number of nitro groups is 1. The van der Waals surface area contributed by atoms with Crippen molar-refractivity contribution >= 4 is 21.6 Å². The molecule has 0 bridgehead atoms. The van der Waals surface area contributed by atoms with Crippen LogP contribution in [0, 0.1) is 29.9 Å². The molecule has 2 aliphatic heterocycles. The molecular formula is C28H34N6O5S. The highest BCUT2D eigenvalue weighted by Gasteiger charge is 2.35. The number of aromatic nitrogens is 2. The van der Waals surface area contributed by atoms with Gasteiger partial charge in [0.05, 0.1) is 21.2 Å². The van der Waals surface area contributed by atoms with Crippen LogP contribution < -0.4 is 0 Å². The molecule has 0 atom stereocenters. The highest BCUT2D eigenvalue weighted by atomic mass is 32.2. The molecule has 0 saturated carbocycles. The van der Waals surface area contributed by atoms with E-state index < -0.39 is 14.9 Å². The largest absolute Gasteiger partial charge is 0.340 e. The maximum absolute atomic E-state index is 13.3. The zero-order chi connectivity index (χ0) is 28.4. The average molecular weight is 567 g/mol. The van der Waals surface area contributed by atoms with Gasteiger partial charge in [-0.1, -0.05) is 18.2 Å².